The molecule has 2 aliphatic carbocycles. The number of rotatable bonds is 7. The third-order valence-corrected chi connectivity index (χ3v) is 10.6. The van der Waals surface area contributed by atoms with Gasteiger partial charge in [-0.25, -0.2) is 12.8 Å². The van der Waals surface area contributed by atoms with Crippen LogP contribution in [0.2, 0.25) is 0 Å². The number of hydrogen-bond donors (Lipinski definition) is 2. The Kier molecular flexibility index (Phi) is 8.87. The van der Waals surface area contributed by atoms with Gasteiger partial charge in [-0.15, -0.1) is 0 Å². The fourth-order valence-electron chi connectivity index (χ4n) is 6.58. The zero-order valence-electron chi connectivity index (χ0n) is 22.8. The number of amides is 2. The van der Waals surface area contributed by atoms with E-state index in [0.717, 1.165) is 60.5 Å². The van der Waals surface area contributed by atoms with E-state index in [-0.39, 0.29) is 41.9 Å². The van der Waals surface area contributed by atoms with E-state index in [9.17, 15) is 22.4 Å². The van der Waals surface area contributed by atoms with Crippen molar-refractivity contribution in [2.45, 2.75) is 86.9 Å². The molecule has 3 N–H and O–H groups in total. The summed E-state index contributed by atoms with van der Waals surface area (Å²) in [6.07, 6.45) is 5.91. The lowest BCUT2D eigenvalue weighted by atomic mass is 9.83. The molecule has 0 radical (unpaired) electrons. The van der Waals surface area contributed by atoms with Gasteiger partial charge in [-0.05, 0) is 80.7 Å². The Morgan fingerprint density at radius 3 is 2.17 bits per heavy atom. The number of nitrogens with zero attached hydrogens (tertiary/aromatic N) is 2. The average molecular weight is 571 g/mol. The standard InChI is InChI=1S/C30H39FN4O4S/c31-23-11-17-26(18-12-23)40(38,39)35-20-6-19-34(29(35)28(36)33-25-15-13-24(32)14-16-25)30(37)27(22-9-4-5-10-22)21-7-2-1-3-8-21/h1-3,7-8,11-12,17-18,22,24-25,27,29H,4-6,9-10,13-16,19-20,32H2,(H,33,36). The molecular formula is C30H39FN4O4S. The van der Waals surface area contributed by atoms with Crippen molar-refractivity contribution in [3.8, 4) is 0 Å². The summed E-state index contributed by atoms with van der Waals surface area (Å²) in [4.78, 5) is 29.8. The number of sulfonamides is 1. The molecule has 0 spiro atoms. The zero-order valence-corrected chi connectivity index (χ0v) is 23.6. The van der Waals surface area contributed by atoms with Gasteiger partial charge in [0.2, 0.25) is 15.9 Å². The Balaban J connectivity index is 1.51. The first-order chi connectivity index (χ1) is 19.3. The van der Waals surface area contributed by atoms with E-state index in [1.807, 2.05) is 30.3 Å². The average Bonchev–Trinajstić information content (AvgIpc) is 3.49. The number of carbonyl (C=O) groups is 2. The van der Waals surface area contributed by atoms with Gasteiger partial charge in [-0.2, -0.15) is 4.31 Å². The number of hydrogen-bond acceptors (Lipinski definition) is 5. The summed E-state index contributed by atoms with van der Waals surface area (Å²) in [6.45, 7) is 0.356. The second kappa shape index (κ2) is 12.4. The SMILES string of the molecule is NC1CCC(NC(=O)C2N(C(=O)C(c3ccccc3)C3CCCC3)CCCN2S(=O)(=O)c2ccc(F)cc2)CC1. The molecule has 2 aromatic rings. The van der Waals surface area contributed by atoms with Crippen molar-refractivity contribution in [2.24, 2.45) is 11.7 Å². The molecule has 3 aliphatic rings. The van der Waals surface area contributed by atoms with E-state index in [1.54, 1.807) is 0 Å². The van der Waals surface area contributed by atoms with Gasteiger partial charge in [0.1, 0.15) is 5.82 Å². The van der Waals surface area contributed by atoms with Crippen LogP contribution in [0.5, 0.6) is 0 Å². The minimum absolute atomic E-state index is 0.0799. The van der Waals surface area contributed by atoms with Crippen molar-refractivity contribution in [3.05, 3.63) is 66.0 Å². The highest BCUT2D eigenvalue weighted by molar-refractivity contribution is 7.89. The molecule has 0 bridgehead atoms. The number of benzene rings is 2. The van der Waals surface area contributed by atoms with Gasteiger partial charge in [0.15, 0.2) is 6.17 Å². The van der Waals surface area contributed by atoms with Crippen molar-refractivity contribution in [1.82, 2.24) is 14.5 Å². The molecule has 1 aliphatic heterocycles. The first-order valence-corrected chi connectivity index (χ1v) is 15.9. The van der Waals surface area contributed by atoms with E-state index in [2.05, 4.69) is 5.32 Å². The predicted octanol–water partition coefficient (Wildman–Crippen LogP) is 3.73. The molecule has 2 amide bonds. The smallest absolute Gasteiger partial charge is 0.259 e. The van der Waals surface area contributed by atoms with Crippen LogP contribution in [0.1, 0.15) is 69.3 Å². The van der Waals surface area contributed by atoms with E-state index < -0.39 is 33.8 Å². The minimum atomic E-state index is -4.21. The van der Waals surface area contributed by atoms with Crippen LogP contribution >= 0.6 is 0 Å². The van der Waals surface area contributed by atoms with E-state index >= 15 is 0 Å². The molecule has 5 rings (SSSR count). The van der Waals surface area contributed by atoms with Crippen LogP contribution in [0.3, 0.4) is 0 Å². The summed E-state index contributed by atoms with van der Waals surface area (Å²) >= 11 is 0. The van der Waals surface area contributed by atoms with Gasteiger partial charge in [-0.1, -0.05) is 43.2 Å². The zero-order chi connectivity index (χ0) is 28.3. The molecule has 2 saturated carbocycles. The van der Waals surface area contributed by atoms with E-state index in [0.29, 0.717) is 19.3 Å². The summed E-state index contributed by atoms with van der Waals surface area (Å²) in [6, 6.07) is 14.1. The normalized spacial score (nSPS) is 25.4. The van der Waals surface area contributed by atoms with Gasteiger partial charge in [0.25, 0.3) is 5.91 Å². The van der Waals surface area contributed by atoms with Gasteiger partial charge in [-0.3, -0.25) is 9.59 Å². The Bertz CT molecular complexity index is 1280. The molecule has 0 aromatic heterocycles. The first-order valence-electron chi connectivity index (χ1n) is 14.4. The summed E-state index contributed by atoms with van der Waals surface area (Å²) in [5.41, 5.74) is 6.94. The van der Waals surface area contributed by atoms with Crippen LogP contribution in [0, 0.1) is 11.7 Å². The second-order valence-electron chi connectivity index (χ2n) is 11.4. The fourth-order valence-corrected chi connectivity index (χ4v) is 8.17. The Hall–Kier alpha value is -2.82. The molecule has 3 fully saturated rings. The summed E-state index contributed by atoms with van der Waals surface area (Å²) < 4.78 is 42.5. The lowest BCUT2D eigenvalue weighted by molar-refractivity contribution is -0.150. The molecule has 40 heavy (non-hydrogen) atoms. The highest BCUT2D eigenvalue weighted by Crippen LogP contribution is 2.40. The molecule has 10 heteroatoms. The van der Waals surface area contributed by atoms with E-state index in [4.69, 9.17) is 5.73 Å². The molecular weight excluding hydrogens is 531 g/mol. The predicted molar refractivity (Wildman–Crippen MR) is 150 cm³/mol. The maximum absolute atomic E-state index is 14.4. The van der Waals surface area contributed by atoms with Crippen molar-refractivity contribution in [2.75, 3.05) is 13.1 Å². The maximum Gasteiger partial charge on any atom is 0.259 e. The lowest BCUT2D eigenvalue weighted by Gasteiger charge is -2.44. The van der Waals surface area contributed by atoms with Gasteiger partial charge >= 0.3 is 0 Å². The third kappa shape index (κ3) is 6.09. The van der Waals surface area contributed by atoms with Crippen molar-refractivity contribution < 1.29 is 22.4 Å². The number of nitrogens with one attached hydrogen (secondary N) is 1. The van der Waals surface area contributed by atoms with Crippen molar-refractivity contribution >= 4 is 21.8 Å². The van der Waals surface area contributed by atoms with Gasteiger partial charge in [0, 0.05) is 25.2 Å². The molecule has 2 aromatic carbocycles. The third-order valence-electron chi connectivity index (χ3n) is 8.70. The van der Waals surface area contributed by atoms with Crippen molar-refractivity contribution in [1.29, 1.82) is 0 Å². The number of carbonyl (C=O) groups excluding carboxylic acids is 2. The topological polar surface area (TPSA) is 113 Å². The quantitative estimate of drug-likeness (QED) is 0.527. The Morgan fingerprint density at radius 2 is 1.52 bits per heavy atom. The maximum atomic E-state index is 14.4. The molecule has 1 heterocycles. The van der Waals surface area contributed by atoms with Crippen LogP contribution in [-0.4, -0.2) is 60.8 Å². The van der Waals surface area contributed by atoms with Crippen LogP contribution < -0.4 is 11.1 Å². The second-order valence-corrected chi connectivity index (χ2v) is 13.3. The fraction of sp³-hybridized carbons (Fsp3) is 0.533. The van der Waals surface area contributed by atoms with Gasteiger partial charge in [0.05, 0.1) is 10.8 Å². The molecule has 8 nitrogen and oxygen atoms in total. The lowest BCUT2D eigenvalue weighted by Crippen LogP contribution is -2.65. The highest BCUT2D eigenvalue weighted by Gasteiger charge is 2.47. The minimum Gasteiger partial charge on any atom is -0.350 e. The molecule has 2 atom stereocenters. The molecule has 1 saturated heterocycles. The summed E-state index contributed by atoms with van der Waals surface area (Å²) in [7, 11) is -4.21. The van der Waals surface area contributed by atoms with Crippen LogP contribution in [0.15, 0.2) is 59.5 Å². The number of nitrogens with two attached hydrogens (primary N) is 1. The largest absolute Gasteiger partial charge is 0.350 e. The Morgan fingerprint density at radius 1 is 0.875 bits per heavy atom. The van der Waals surface area contributed by atoms with Crippen LogP contribution in [0.4, 0.5) is 4.39 Å². The first kappa shape index (κ1) is 28.7. The molecule has 2 unspecified atom stereocenters. The Labute approximate surface area is 236 Å². The van der Waals surface area contributed by atoms with Crippen molar-refractivity contribution in [3.63, 3.8) is 0 Å². The van der Waals surface area contributed by atoms with Crippen LogP contribution in [0.25, 0.3) is 0 Å². The molecule has 216 valence electrons. The summed E-state index contributed by atoms with van der Waals surface area (Å²) in [5, 5.41) is 3.05. The van der Waals surface area contributed by atoms with Crippen LogP contribution in [-0.2, 0) is 19.6 Å². The number of halogens is 1. The van der Waals surface area contributed by atoms with E-state index in [1.165, 1.54) is 17.0 Å². The monoisotopic (exact) mass is 570 g/mol. The highest BCUT2D eigenvalue weighted by atomic mass is 32.2. The summed E-state index contributed by atoms with van der Waals surface area (Å²) in [5.74, 6) is -1.61. The van der Waals surface area contributed by atoms with Gasteiger partial charge < -0.3 is 16.0 Å².